The van der Waals surface area contributed by atoms with Gasteiger partial charge in [0.1, 0.15) is 0 Å². The van der Waals surface area contributed by atoms with Crippen molar-refractivity contribution in [2.75, 3.05) is 14.2 Å². The molecule has 24 heavy (non-hydrogen) atoms. The Hall–Kier alpha value is -2.35. The average Bonchev–Trinajstić information content (AvgIpc) is 2.95. The summed E-state index contributed by atoms with van der Waals surface area (Å²) in [4.78, 5) is 16.4. The second-order valence-corrected chi connectivity index (χ2v) is 6.17. The summed E-state index contributed by atoms with van der Waals surface area (Å²) in [6, 6.07) is 13.0. The van der Waals surface area contributed by atoms with E-state index in [-0.39, 0.29) is 5.70 Å². The minimum Gasteiger partial charge on any atom is -0.493 e. The summed E-state index contributed by atoms with van der Waals surface area (Å²) in [5.41, 5.74) is 1.67. The molecular weight excluding hydrogens is 421 g/mol. The minimum atomic E-state index is -0.492. The van der Waals surface area contributed by atoms with Crippen LogP contribution in [-0.2, 0) is 9.53 Å². The van der Waals surface area contributed by atoms with Crippen molar-refractivity contribution in [1.82, 2.24) is 0 Å². The lowest BCUT2D eigenvalue weighted by atomic mass is 10.1. The van der Waals surface area contributed by atoms with Gasteiger partial charge in [0.2, 0.25) is 5.90 Å². The molecule has 0 bridgehead atoms. The van der Waals surface area contributed by atoms with E-state index in [1.165, 1.54) is 0 Å². The van der Waals surface area contributed by atoms with Crippen LogP contribution in [0.15, 0.2) is 53.2 Å². The Morgan fingerprint density at radius 2 is 1.92 bits per heavy atom. The normalized spacial score (nSPS) is 15.2. The molecule has 1 heterocycles. The number of nitrogens with zero attached hydrogens (tertiary/aromatic N) is 1. The van der Waals surface area contributed by atoms with E-state index in [0.717, 1.165) is 9.13 Å². The molecule has 2 aromatic carbocycles. The lowest BCUT2D eigenvalue weighted by molar-refractivity contribution is -0.129. The van der Waals surface area contributed by atoms with Crippen molar-refractivity contribution < 1.29 is 19.0 Å². The van der Waals surface area contributed by atoms with E-state index in [9.17, 15) is 4.79 Å². The highest BCUT2D eigenvalue weighted by molar-refractivity contribution is 14.1. The van der Waals surface area contributed by atoms with E-state index in [1.54, 1.807) is 26.4 Å². The lowest BCUT2D eigenvalue weighted by Crippen LogP contribution is -2.05. The van der Waals surface area contributed by atoms with Gasteiger partial charge < -0.3 is 14.2 Å². The van der Waals surface area contributed by atoms with Crippen molar-refractivity contribution >= 4 is 40.5 Å². The molecule has 0 aliphatic carbocycles. The predicted octanol–water partition coefficient (Wildman–Crippen LogP) is 3.65. The lowest BCUT2D eigenvalue weighted by Gasteiger charge is -2.09. The van der Waals surface area contributed by atoms with Gasteiger partial charge in [0.25, 0.3) is 0 Å². The molecule has 2 aromatic rings. The van der Waals surface area contributed by atoms with Crippen molar-refractivity contribution in [3.63, 3.8) is 0 Å². The van der Waals surface area contributed by atoms with Crippen LogP contribution in [-0.4, -0.2) is 26.1 Å². The Morgan fingerprint density at radius 1 is 1.12 bits per heavy atom. The van der Waals surface area contributed by atoms with Crippen LogP contribution in [0.2, 0.25) is 0 Å². The summed E-state index contributed by atoms with van der Waals surface area (Å²) in [5, 5.41) is 0. The quantitative estimate of drug-likeness (QED) is 0.418. The zero-order valence-electron chi connectivity index (χ0n) is 13.1. The summed E-state index contributed by atoms with van der Waals surface area (Å²) in [7, 11) is 3.11. The number of aliphatic imine (C=N–C) groups is 1. The number of benzene rings is 2. The summed E-state index contributed by atoms with van der Waals surface area (Å²) in [5.74, 6) is 0.929. The molecule has 0 fully saturated rings. The summed E-state index contributed by atoms with van der Waals surface area (Å²) in [6.07, 6.45) is 1.63. The number of carbonyl (C=O) groups excluding carboxylic acids is 1. The summed E-state index contributed by atoms with van der Waals surface area (Å²) >= 11 is 2.20. The molecule has 0 spiro atoms. The van der Waals surface area contributed by atoms with Gasteiger partial charge in [0.05, 0.1) is 14.2 Å². The number of halogens is 1. The predicted molar refractivity (Wildman–Crippen MR) is 99.3 cm³/mol. The van der Waals surface area contributed by atoms with Crippen LogP contribution in [0.3, 0.4) is 0 Å². The number of cyclic esters (lactones) is 1. The molecular formula is C18H14INO4. The number of rotatable bonds is 4. The first-order valence-corrected chi connectivity index (χ1v) is 8.19. The second kappa shape index (κ2) is 7.04. The van der Waals surface area contributed by atoms with Crippen LogP contribution >= 0.6 is 22.6 Å². The Bertz CT molecular complexity index is 858. The van der Waals surface area contributed by atoms with Crippen LogP contribution in [0.4, 0.5) is 0 Å². The Morgan fingerprint density at radius 3 is 2.62 bits per heavy atom. The van der Waals surface area contributed by atoms with Gasteiger partial charge in [-0.05, 0) is 52.9 Å². The summed E-state index contributed by atoms with van der Waals surface area (Å²) < 4.78 is 17.0. The van der Waals surface area contributed by atoms with Crippen molar-refractivity contribution in [3.05, 3.63) is 62.9 Å². The van der Waals surface area contributed by atoms with Crippen LogP contribution in [0.1, 0.15) is 11.1 Å². The van der Waals surface area contributed by atoms with Crippen LogP contribution < -0.4 is 9.47 Å². The van der Waals surface area contributed by atoms with Crippen molar-refractivity contribution in [3.8, 4) is 11.5 Å². The van der Waals surface area contributed by atoms with E-state index in [0.29, 0.717) is 23.0 Å². The highest BCUT2D eigenvalue weighted by Gasteiger charge is 2.25. The summed E-state index contributed by atoms with van der Waals surface area (Å²) in [6.45, 7) is 0. The third kappa shape index (κ3) is 3.28. The average molecular weight is 435 g/mol. The molecule has 0 radical (unpaired) electrons. The molecule has 0 unspecified atom stereocenters. The van der Waals surface area contributed by atoms with Crippen molar-refractivity contribution in [2.24, 2.45) is 4.99 Å². The van der Waals surface area contributed by atoms with Gasteiger partial charge >= 0.3 is 5.97 Å². The fourth-order valence-electron chi connectivity index (χ4n) is 2.33. The number of esters is 1. The Kier molecular flexibility index (Phi) is 4.84. The molecule has 0 aromatic heterocycles. The maximum Gasteiger partial charge on any atom is 0.363 e. The molecule has 3 rings (SSSR count). The Balaban J connectivity index is 2.01. The number of methoxy groups -OCH3 is 2. The van der Waals surface area contributed by atoms with E-state index in [4.69, 9.17) is 14.2 Å². The zero-order valence-corrected chi connectivity index (χ0v) is 15.2. The van der Waals surface area contributed by atoms with Gasteiger partial charge in [0, 0.05) is 14.7 Å². The maximum atomic E-state index is 12.1. The Labute approximate surface area is 153 Å². The molecule has 0 amide bonds. The van der Waals surface area contributed by atoms with E-state index >= 15 is 0 Å². The fourth-order valence-corrected chi connectivity index (χ4v) is 2.87. The van der Waals surface area contributed by atoms with E-state index in [1.807, 2.05) is 36.4 Å². The molecule has 0 atom stereocenters. The number of hydrogen-bond acceptors (Lipinski definition) is 5. The number of carbonyl (C=O) groups is 1. The van der Waals surface area contributed by atoms with Crippen molar-refractivity contribution in [1.29, 1.82) is 0 Å². The number of hydrogen-bond donors (Lipinski definition) is 0. The first-order chi connectivity index (χ1) is 11.6. The largest absolute Gasteiger partial charge is 0.493 e. The number of para-hydroxylation sites is 1. The van der Waals surface area contributed by atoms with Gasteiger partial charge in [0.15, 0.2) is 17.2 Å². The maximum absolute atomic E-state index is 12.1. The van der Waals surface area contributed by atoms with Gasteiger partial charge in [-0.25, -0.2) is 9.79 Å². The monoisotopic (exact) mass is 435 g/mol. The first kappa shape index (κ1) is 16.5. The van der Waals surface area contributed by atoms with E-state index in [2.05, 4.69) is 27.6 Å². The highest BCUT2D eigenvalue weighted by Crippen LogP contribution is 2.33. The molecule has 0 N–H and O–H groups in total. The SMILES string of the molecule is COc1cccc(C=C2N=C(c3cccc(I)c3)OC2=O)c1OC. The topological polar surface area (TPSA) is 57.1 Å². The van der Waals surface area contributed by atoms with Gasteiger partial charge in [-0.1, -0.05) is 18.2 Å². The second-order valence-electron chi connectivity index (χ2n) is 4.93. The molecule has 0 saturated carbocycles. The van der Waals surface area contributed by atoms with Crippen LogP contribution in [0.25, 0.3) is 6.08 Å². The highest BCUT2D eigenvalue weighted by atomic mass is 127. The molecule has 1 aliphatic heterocycles. The minimum absolute atomic E-state index is 0.218. The molecule has 5 nitrogen and oxygen atoms in total. The zero-order chi connectivity index (χ0) is 17.1. The number of ether oxygens (including phenoxy) is 3. The molecule has 122 valence electrons. The van der Waals surface area contributed by atoms with Gasteiger partial charge in [-0.3, -0.25) is 0 Å². The smallest absolute Gasteiger partial charge is 0.363 e. The van der Waals surface area contributed by atoms with Crippen LogP contribution in [0.5, 0.6) is 11.5 Å². The molecule has 0 saturated heterocycles. The molecule has 1 aliphatic rings. The van der Waals surface area contributed by atoms with Gasteiger partial charge in [-0.15, -0.1) is 0 Å². The van der Waals surface area contributed by atoms with E-state index < -0.39 is 5.97 Å². The van der Waals surface area contributed by atoms with Crippen LogP contribution in [0, 0.1) is 3.57 Å². The standard InChI is InChI=1S/C18H14INO4/c1-22-15-8-4-5-11(16(15)23-2)10-14-18(21)24-17(20-14)12-6-3-7-13(19)9-12/h3-10H,1-2H3. The third-order valence-corrected chi connectivity index (χ3v) is 4.09. The third-order valence-electron chi connectivity index (χ3n) is 3.42. The molecule has 6 heteroatoms. The van der Waals surface area contributed by atoms with Crippen molar-refractivity contribution in [2.45, 2.75) is 0 Å². The first-order valence-electron chi connectivity index (χ1n) is 7.12. The van der Waals surface area contributed by atoms with Gasteiger partial charge in [-0.2, -0.15) is 0 Å². The fraction of sp³-hybridized carbons (Fsp3) is 0.111.